The van der Waals surface area contributed by atoms with Crippen LogP contribution < -0.4 is 19.5 Å². The van der Waals surface area contributed by atoms with Gasteiger partial charge >= 0.3 is 0 Å². The topological polar surface area (TPSA) is 56.8 Å². The normalized spacial score (nSPS) is 10.2. The largest absolute Gasteiger partial charge is 0.496 e. The molecule has 6 heteroatoms. The van der Waals surface area contributed by atoms with Crippen LogP contribution in [-0.2, 0) is 6.61 Å². The van der Waals surface area contributed by atoms with Crippen molar-refractivity contribution in [1.82, 2.24) is 0 Å². The van der Waals surface area contributed by atoms with Gasteiger partial charge in [0.1, 0.15) is 12.4 Å². The first-order chi connectivity index (χ1) is 13.6. The number of anilines is 1. The van der Waals surface area contributed by atoms with Crippen LogP contribution in [0.5, 0.6) is 17.2 Å². The molecule has 0 bridgehead atoms. The summed E-state index contributed by atoms with van der Waals surface area (Å²) in [5.41, 5.74) is 2.04. The molecule has 0 saturated carbocycles. The molecule has 0 aromatic heterocycles. The van der Waals surface area contributed by atoms with Crippen LogP contribution in [0.25, 0.3) is 0 Å². The Morgan fingerprint density at radius 3 is 2.25 bits per heavy atom. The van der Waals surface area contributed by atoms with Crippen LogP contribution in [0.4, 0.5) is 5.69 Å². The third-order valence-corrected chi connectivity index (χ3v) is 4.82. The summed E-state index contributed by atoms with van der Waals surface area (Å²) in [5, 5.41) is 2.90. The number of amides is 1. The van der Waals surface area contributed by atoms with Crippen molar-refractivity contribution in [3.05, 3.63) is 81.4 Å². The van der Waals surface area contributed by atoms with Crippen molar-refractivity contribution < 1.29 is 19.0 Å². The highest BCUT2D eigenvalue weighted by atomic mass is 127. The fourth-order valence-electron chi connectivity index (χ4n) is 2.66. The van der Waals surface area contributed by atoms with E-state index < -0.39 is 0 Å². The zero-order chi connectivity index (χ0) is 19.9. The molecule has 0 unspecified atom stereocenters. The SMILES string of the molecule is COc1ccc(C(=O)Nc2ccc(I)cc2)cc1COc1ccccc1OC. The van der Waals surface area contributed by atoms with Crippen molar-refractivity contribution in [2.24, 2.45) is 0 Å². The smallest absolute Gasteiger partial charge is 0.255 e. The summed E-state index contributed by atoms with van der Waals surface area (Å²) in [4.78, 5) is 12.6. The summed E-state index contributed by atoms with van der Waals surface area (Å²) in [5.74, 6) is 1.73. The van der Waals surface area contributed by atoms with E-state index in [1.165, 1.54) is 0 Å². The Labute approximate surface area is 177 Å². The van der Waals surface area contributed by atoms with Gasteiger partial charge in [0.05, 0.1) is 14.2 Å². The van der Waals surface area contributed by atoms with Crippen molar-refractivity contribution in [3.8, 4) is 17.2 Å². The molecule has 3 aromatic rings. The molecule has 5 nitrogen and oxygen atoms in total. The highest BCUT2D eigenvalue weighted by Gasteiger charge is 2.12. The number of hydrogen-bond acceptors (Lipinski definition) is 4. The van der Waals surface area contributed by atoms with Crippen LogP contribution in [0.3, 0.4) is 0 Å². The maximum absolute atomic E-state index is 12.6. The van der Waals surface area contributed by atoms with E-state index in [9.17, 15) is 4.79 Å². The van der Waals surface area contributed by atoms with E-state index in [4.69, 9.17) is 14.2 Å². The molecule has 1 N–H and O–H groups in total. The number of para-hydroxylation sites is 2. The average Bonchev–Trinajstić information content (AvgIpc) is 2.73. The fourth-order valence-corrected chi connectivity index (χ4v) is 3.02. The van der Waals surface area contributed by atoms with Crippen molar-refractivity contribution in [2.75, 3.05) is 19.5 Å². The maximum Gasteiger partial charge on any atom is 0.255 e. The number of methoxy groups -OCH3 is 2. The Morgan fingerprint density at radius 2 is 1.57 bits per heavy atom. The first-order valence-corrected chi connectivity index (χ1v) is 9.68. The molecule has 3 rings (SSSR count). The van der Waals surface area contributed by atoms with E-state index in [0.29, 0.717) is 22.8 Å². The summed E-state index contributed by atoms with van der Waals surface area (Å²) in [6, 6.07) is 20.3. The maximum atomic E-state index is 12.6. The summed E-state index contributed by atoms with van der Waals surface area (Å²) in [6.07, 6.45) is 0. The van der Waals surface area contributed by atoms with Crippen LogP contribution >= 0.6 is 22.6 Å². The number of nitrogens with one attached hydrogen (secondary N) is 1. The molecule has 0 aliphatic rings. The van der Waals surface area contributed by atoms with Gasteiger partial charge in [0.25, 0.3) is 5.91 Å². The van der Waals surface area contributed by atoms with Gasteiger partial charge in [-0.25, -0.2) is 0 Å². The number of carbonyl (C=O) groups excluding carboxylic acids is 1. The predicted molar refractivity (Wildman–Crippen MR) is 117 cm³/mol. The summed E-state index contributed by atoms with van der Waals surface area (Å²) >= 11 is 2.22. The molecule has 0 atom stereocenters. The Bertz CT molecular complexity index is 957. The quantitative estimate of drug-likeness (QED) is 0.467. The van der Waals surface area contributed by atoms with Crippen LogP contribution in [0.1, 0.15) is 15.9 Å². The second-order valence-electron chi connectivity index (χ2n) is 5.93. The second-order valence-corrected chi connectivity index (χ2v) is 7.17. The van der Waals surface area contributed by atoms with Gasteiger partial charge in [-0.1, -0.05) is 12.1 Å². The lowest BCUT2D eigenvalue weighted by molar-refractivity contribution is 0.102. The molecule has 0 radical (unpaired) electrons. The molecule has 28 heavy (non-hydrogen) atoms. The lowest BCUT2D eigenvalue weighted by Gasteiger charge is -2.14. The monoisotopic (exact) mass is 489 g/mol. The first kappa shape index (κ1) is 20.0. The Hall–Kier alpha value is -2.74. The fraction of sp³-hybridized carbons (Fsp3) is 0.136. The van der Waals surface area contributed by atoms with Gasteiger partial charge < -0.3 is 19.5 Å². The van der Waals surface area contributed by atoms with E-state index in [2.05, 4.69) is 27.9 Å². The minimum Gasteiger partial charge on any atom is -0.496 e. The predicted octanol–water partition coefficient (Wildman–Crippen LogP) is 5.14. The molecule has 0 aliphatic carbocycles. The van der Waals surface area contributed by atoms with Crippen LogP contribution in [0.2, 0.25) is 0 Å². The molecule has 0 heterocycles. The standard InChI is InChI=1S/C22H20INO4/c1-26-19-12-7-15(22(25)24-18-10-8-17(23)9-11-18)13-16(19)14-28-21-6-4-3-5-20(21)27-2/h3-13H,14H2,1-2H3,(H,24,25). The number of benzene rings is 3. The van der Waals surface area contributed by atoms with Gasteiger partial charge in [0, 0.05) is 20.4 Å². The van der Waals surface area contributed by atoms with Gasteiger partial charge in [-0.2, -0.15) is 0 Å². The van der Waals surface area contributed by atoms with Gasteiger partial charge in [-0.05, 0) is 77.2 Å². The lowest BCUT2D eigenvalue weighted by Crippen LogP contribution is -2.13. The third-order valence-electron chi connectivity index (χ3n) is 4.10. The highest BCUT2D eigenvalue weighted by molar-refractivity contribution is 14.1. The van der Waals surface area contributed by atoms with Crippen LogP contribution in [0, 0.1) is 3.57 Å². The first-order valence-electron chi connectivity index (χ1n) is 8.60. The van der Waals surface area contributed by atoms with Gasteiger partial charge in [-0.15, -0.1) is 0 Å². The number of carbonyl (C=O) groups is 1. The molecule has 144 valence electrons. The number of halogens is 1. The molecule has 0 aliphatic heterocycles. The zero-order valence-electron chi connectivity index (χ0n) is 15.6. The van der Waals surface area contributed by atoms with Crippen molar-refractivity contribution in [2.45, 2.75) is 6.61 Å². The Morgan fingerprint density at radius 1 is 0.893 bits per heavy atom. The van der Waals surface area contributed by atoms with Gasteiger partial charge in [0.2, 0.25) is 0 Å². The number of rotatable bonds is 7. The van der Waals surface area contributed by atoms with E-state index in [1.54, 1.807) is 32.4 Å². The van der Waals surface area contributed by atoms with Crippen LogP contribution in [0.15, 0.2) is 66.7 Å². The summed E-state index contributed by atoms with van der Waals surface area (Å²) in [7, 11) is 3.19. The van der Waals surface area contributed by atoms with E-state index >= 15 is 0 Å². The zero-order valence-corrected chi connectivity index (χ0v) is 17.7. The summed E-state index contributed by atoms with van der Waals surface area (Å²) < 4.78 is 17.7. The van der Waals surface area contributed by atoms with Gasteiger partial charge in [-0.3, -0.25) is 4.79 Å². The van der Waals surface area contributed by atoms with Crippen LogP contribution in [-0.4, -0.2) is 20.1 Å². The van der Waals surface area contributed by atoms with E-state index in [1.807, 2.05) is 48.5 Å². The Kier molecular flexibility index (Phi) is 6.76. The highest BCUT2D eigenvalue weighted by Crippen LogP contribution is 2.28. The molecule has 0 saturated heterocycles. The average molecular weight is 489 g/mol. The molecule has 0 fully saturated rings. The van der Waals surface area contributed by atoms with E-state index in [0.717, 1.165) is 14.8 Å². The lowest BCUT2D eigenvalue weighted by atomic mass is 10.1. The van der Waals surface area contributed by atoms with Crippen molar-refractivity contribution in [3.63, 3.8) is 0 Å². The third kappa shape index (κ3) is 4.95. The minimum absolute atomic E-state index is 0.192. The molecule has 0 spiro atoms. The van der Waals surface area contributed by atoms with Gasteiger partial charge in [0.15, 0.2) is 11.5 Å². The molecule has 3 aromatic carbocycles. The van der Waals surface area contributed by atoms with E-state index in [-0.39, 0.29) is 12.5 Å². The minimum atomic E-state index is -0.192. The number of ether oxygens (including phenoxy) is 3. The second kappa shape index (κ2) is 9.45. The molecular formula is C22H20INO4. The molecular weight excluding hydrogens is 469 g/mol. The molecule has 1 amide bonds. The number of hydrogen-bond donors (Lipinski definition) is 1. The Balaban J connectivity index is 1.77. The van der Waals surface area contributed by atoms with Crippen molar-refractivity contribution >= 4 is 34.2 Å². The van der Waals surface area contributed by atoms with Crippen molar-refractivity contribution in [1.29, 1.82) is 0 Å². The summed E-state index contributed by atoms with van der Waals surface area (Å²) in [6.45, 7) is 0.244.